The van der Waals surface area contributed by atoms with Gasteiger partial charge in [0.15, 0.2) is 0 Å². The first-order valence-corrected chi connectivity index (χ1v) is 6.44. The molecule has 0 bridgehead atoms. The molecule has 0 amide bonds. The normalized spacial score (nSPS) is 12.5. The van der Waals surface area contributed by atoms with Gasteiger partial charge in [-0.2, -0.15) is 0 Å². The van der Waals surface area contributed by atoms with Crippen molar-refractivity contribution < 1.29 is 9.84 Å². The molecule has 2 aromatic rings. The van der Waals surface area contributed by atoms with Crippen LogP contribution in [0.3, 0.4) is 0 Å². The van der Waals surface area contributed by atoms with E-state index in [4.69, 9.17) is 4.74 Å². The van der Waals surface area contributed by atoms with E-state index in [2.05, 4.69) is 4.98 Å². The molecule has 1 aromatic carbocycles. The maximum atomic E-state index is 10.4. The third-order valence-corrected chi connectivity index (χ3v) is 2.85. The van der Waals surface area contributed by atoms with Crippen LogP contribution in [0.15, 0.2) is 42.6 Å². The average molecular weight is 257 g/mol. The van der Waals surface area contributed by atoms with Crippen molar-refractivity contribution in [3.05, 3.63) is 59.4 Å². The minimum atomic E-state index is -0.725. The van der Waals surface area contributed by atoms with Gasteiger partial charge in [-0.25, -0.2) is 0 Å². The fourth-order valence-electron chi connectivity index (χ4n) is 1.97. The van der Waals surface area contributed by atoms with Crippen molar-refractivity contribution in [2.75, 3.05) is 0 Å². The van der Waals surface area contributed by atoms with Crippen LogP contribution in [-0.4, -0.2) is 16.2 Å². The fourth-order valence-corrected chi connectivity index (χ4v) is 1.97. The van der Waals surface area contributed by atoms with Crippen molar-refractivity contribution in [1.82, 2.24) is 4.98 Å². The van der Waals surface area contributed by atoms with Crippen LogP contribution in [0, 0.1) is 6.92 Å². The van der Waals surface area contributed by atoms with Gasteiger partial charge in [0.2, 0.25) is 0 Å². The number of ether oxygens (including phenoxy) is 1. The van der Waals surface area contributed by atoms with Crippen LogP contribution in [-0.2, 0) is 0 Å². The van der Waals surface area contributed by atoms with Gasteiger partial charge < -0.3 is 9.84 Å². The topological polar surface area (TPSA) is 42.4 Å². The summed E-state index contributed by atoms with van der Waals surface area (Å²) in [5.41, 5.74) is 2.45. The minimum Gasteiger partial charge on any atom is -0.491 e. The third-order valence-electron chi connectivity index (χ3n) is 2.85. The minimum absolute atomic E-state index is 0.115. The summed E-state index contributed by atoms with van der Waals surface area (Å²) < 4.78 is 5.64. The molecule has 1 heterocycles. The number of aliphatic hydroxyl groups is 1. The van der Waals surface area contributed by atoms with Crippen molar-refractivity contribution in [2.24, 2.45) is 0 Å². The lowest BCUT2D eigenvalue weighted by Crippen LogP contribution is -2.07. The van der Waals surface area contributed by atoms with Gasteiger partial charge in [-0.1, -0.05) is 18.2 Å². The Morgan fingerprint density at radius 2 is 1.95 bits per heavy atom. The molecule has 1 atom stereocenters. The number of pyridine rings is 1. The Balaban J connectivity index is 2.29. The van der Waals surface area contributed by atoms with Gasteiger partial charge in [-0.15, -0.1) is 0 Å². The molecule has 0 saturated heterocycles. The van der Waals surface area contributed by atoms with E-state index < -0.39 is 6.10 Å². The standard InChI is InChI=1S/C16H19NO2/c1-11(2)19-14-8-4-7-13(10-14)16(18)15-12(3)6-5-9-17-15/h4-11,16,18H,1-3H3. The molecule has 0 aliphatic rings. The number of benzene rings is 1. The maximum Gasteiger partial charge on any atom is 0.121 e. The summed E-state index contributed by atoms with van der Waals surface area (Å²) in [5.74, 6) is 0.764. The van der Waals surface area contributed by atoms with Gasteiger partial charge in [0.25, 0.3) is 0 Å². The Bertz CT molecular complexity index is 552. The van der Waals surface area contributed by atoms with Crippen molar-refractivity contribution in [3.63, 3.8) is 0 Å². The molecule has 19 heavy (non-hydrogen) atoms. The molecule has 0 spiro atoms. The lowest BCUT2D eigenvalue weighted by atomic mass is 10.0. The second-order valence-electron chi connectivity index (χ2n) is 4.85. The molecule has 0 aliphatic carbocycles. The molecule has 0 radical (unpaired) electrons. The van der Waals surface area contributed by atoms with Gasteiger partial charge in [0, 0.05) is 6.20 Å². The Kier molecular flexibility index (Phi) is 4.17. The van der Waals surface area contributed by atoms with E-state index in [0.717, 1.165) is 16.9 Å². The van der Waals surface area contributed by atoms with Gasteiger partial charge in [0.1, 0.15) is 11.9 Å². The second kappa shape index (κ2) is 5.85. The predicted molar refractivity (Wildman–Crippen MR) is 75.2 cm³/mol. The molecule has 1 unspecified atom stereocenters. The monoisotopic (exact) mass is 257 g/mol. The summed E-state index contributed by atoms with van der Waals surface area (Å²) in [4.78, 5) is 4.25. The molecule has 0 fully saturated rings. The van der Waals surface area contributed by atoms with Crippen LogP contribution >= 0.6 is 0 Å². The number of aromatic nitrogens is 1. The smallest absolute Gasteiger partial charge is 0.121 e. The number of aliphatic hydroxyl groups excluding tert-OH is 1. The van der Waals surface area contributed by atoms with Crippen LogP contribution in [0.5, 0.6) is 5.75 Å². The Hall–Kier alpha value is -1.87. The van der Waals surface area contributed by atoms with Gasteiger partial charge in [0.05, 0.1) is 11.8 Å². The largest absolute Gasteiger partial charge is 0.491 e. The molecular formula is C16H19NO2. The van der Waals surface area contributed by atoms with E-state index in [1.54, 1.807) is 6.20 Å². The number of hydrogen-bond donors (Lipinski definition) is 1. The average Bonchev–Trinajstić information content (AvgIpc) is 2.38. The summed E-state index contributed by atoms with van der Waals surface area (Å²) in [6.45, 7) is 5.90. The van der Waals surface area contributed by atoms with E-state index >= 15 is 0 Å². The Morgan fingerprint density at radius 1 is 1.16 bits per heavy atom. The molecule has 1 N–H and O–H groups in total. The second-order valence-corrected chi connectivity index (χ2v) is 4.85. The van der Waals surface area contributed by atoms with E-state index in [1.165, 1.54) is 0 Å². The zero-order valence-electron chi connectivity index (χ0n) is 11.5. The summed E-state index contributed by atoms with van der Waals surface area (Å²) >= 11 is 0. The highest BCUT2D eigenvalue weighted by atomic mass is 16.5. The third kappa shape index (κ3) is 3.32. The predicted octanol–water partition coefficient (Wildman–Crippen LogP) is 3.26. The highest BCUT2D eigenvalue weighted by molar-refractivity contribution is 5.35. The summed E-state index contributed by atoms with van der Waals surface area (Å²) in [6, 6.07) is 11.3. The van der Waals surface area contributed by atoms with Crippen LogP contribution in [0.25, 0.3) is 0 Å². The number of hydrogen-bond acceptors (Lipinski definition) is 3. The van der Waals surface area contributed by atoms with E-state index in [9.17, 15) is 5.11 Å². The summed E-state index contributed by atoms with van der Waals surface area (Å²) in [6.07, 6.45) is 1.08. The van der Waals surface area contributed by atoms with Crippen molar-refractivity contribution in [1.29, 1.82) is 0 Å². The Labute approximate surface area is 113 Å². The zero-order chi connectivity index (χ0) is 13.8. The quantitative estimate of drug-likeness (QED) is 0.914. The molecule has 1 aromatic heterocycles. The van der Waals surface area contributed by atoms with Crippen LogP contribution < -0.4 is 4.74 Å². The zero-order valence-corrected chi connectivity index (χ0v) is 11.5. The van der Waals surface area contributed by atoms with E-state index in [0.29, 0.717) is 5.69 Å². The van der Waals surface area contributed by atoms with Gasteiger partial charge >= 0.3 is 0 Å². The lowest BCUT2D eigenvalue weighted by molar-refractivity contribution is 0.211. The maximum absolute atomic E-state index is 10.4. The van der Waals surface area contributed by atoms with Gasteiger partial charge in [-0.3, -0.25) is 4.98 Å². The SMILES string of the molecule is Cc1cccnc1C(O)c1cccc(OC(C)C)c1. The summed E-state index contributed by atoms with van der Waals surface area (Å²) in [7, 11) is 0. The number of nitrogens with zero attached hydrogens (tertiary/aromatic N) is 1. The first kappa shape index (κ1) is 13.6. The van der Waals surface area contributed by atoms with E-state index in [-0.39, 0.29) is 6.10 Å². The van der Waals surface area contributed by atoms with Crippen molar-refractivity contribution in [2.45, 2.75) is 33.0 Å². The van der Waals surface area contributed by atoms with Crippen LogP contribution in [0.4, 0.5) is 0 Å². The van der Waals surface area contributed by atoms with E-state index in [1.807, 2.05) is 57.2 Å². The first-order chi connectivity index (χ1) is 9.08. The molecule has 0 saturated carbocycles. The molecular weight excluding hydrogens is 238 g/mol. The van der Waals surface area contributed by atoms with Crippen molar-refractivity contribution >= 4 is 0 Å². The molecule has 100 valence electrons. The number of aryl methyl sites for hydroxylation is 1. The highest BCUT2D eigenvalue weighted by Crippen LogP contribution is 2.25. The van der Waals surface area contributed by atoms with Crippen molar-refractivity contribution in [3.8, 4) is 5.75 Å². The fraction of sp³-hybridized carbons (Fsp3) is 0.312. The lowest BCUT2D eigenvalue weighted by Gasteiger charge is -2.15. The van der Waals surface area contributed by atoms with Crippen LogP contribution in [0.2, 0.25) is 0 Å². The Morgan fingerprint density at radius 3 is 2.63 bits per heavy atom. The van der Waals surface area contributed by atoms with Crippen LogP contribution in [0.1, 0.15) is 36.8 Å². The van der Waals surface area contributed by atoms with Gasteiger partial charge in [-0.05, 0) is 50.1 Å². The highest BCUT2D eigenvalue weighted by Gasteiger charge is 2.14. The first-order valence-electron chi connectivity index (χ1n) is 6.44. The molecule has 3 nitrogen and oxygen atoms in total. The summed E-state index contributed by atoms with van der Waals surface area (Å²) in [5, 5.41) is 10.4. The molecule has 0 aliphatic heterocycles. The number of rotatable bonds is 4. The molecule has 2 rings (SSSR count). The molecule has 3 heteroatoms.